The van der Waals surface area contributed by atoms with Crippen molar-refractivity contribution in [2.24, 2.45) is 0 Å². The first kappa shape index (κ1) is 10.4. The number of hydrogen-bond acceptors (Lipinski definition) is 1. The van der Waals surface area contributed by atoms with E-state index in [2.05, 4.69) is 11.8 Å². The quantitative estimate of drug-likeness (QED) is 0.479. The third-order valence-corrected chi connectivity index (χ3v) is 1.74. The van der Waals surface area contributed by atoms with Crippen LogP contribution in [-0.2, 0) is 0 Å². The van der Waals surface area contributed by atoms with Crippen LogP contribution in [0, 0.1) is 6.57 Å². The second-order valence-corrected chi connectivity index (χ2v) is 3.14. The Balaban J connectivity index is 3.32. The fourth-order valence-electron chi connectivity index (χ4n) is 0.943. The summed E-state index contributed by atoms with van der Waals surface area (Å²) in [4.78, 5) is 3.12. The molecule has 0 aliphatic rings. The largest absolute Gasteiger partial charge is 0.331 e. The van der Waals surface area contributed by atoms with E-state index in [1.807, 2.05) is 0 Å². The zero-order chi connectivity index (χ0) is 8.74. The zero-order valence-electron chi connectivity index (χ0n) is 7.43. The maximum Gasteiger partial charge on any atom is 0.331 e. The molecule has 0 saturated heterocycles. The second kappa shape index (κ2) is 5.15. The van der Waals surface area contributed by atoms with E-state index in [4.69, 9.17) is 6.57 Å². The Morgan fingerprint density at radius 1 is 1.36 bits per heavy atom. The Bertz CT molecular complexity index is 135. The van der Waals surface area contributed by atoms with Gasteiger partial charge in [-0.2, -0.15) is 0 Å². The summed E-state index contributed by atoms with van der Waals surface area (Å²) in [6.45, 7) is 10.4. The van der Waals surface area contributed by atoms with Gasteiger partial charge >= 0.3 is 5.72 Å². The normalized spacial score (nSPS) is 15.5. The second-order valence-electron chi connectivity index (χ2n) is 3.14. The van der Waals surface area contributed by atoms with Crippen molar-refractivity contribution in [3.63, 3.8) is 0 Å². The third-order valence-electron chi connectivity index (χ3n) is 1.74. The van der Waals surface area contributed by atoms with E-state index < -0.39 is 5.72 Å². The van der Waals surface area contributed by atoms with Gasteiger partial charge in [0.15, 0.2) is 0 Å². The highest BCUT2D eigenvalue weighted by Gasteiger charge is 2.23. The Labute approximate surface area is 69.1 Å². The minimum absolute atomic E-state index is 0.608. The summed E-state index contributed by atoms with van der Waals surface area (Å²) < 4.78 is 0. The van der Waals surface area contributed by atoms with Crippen molar-refractivity contribution >= 4 is 0 Å². The van der Waals surface area contributed by atoms with E-state index in [1.165, 1.54) is 12.8 Å². The van der Waals surface area contributed by atoms with E-state index in [-0.39, 0.29) is 0 Å². The summed E-state index contributed by atoms with van der Waals surface area (Å²) in [6, 6.07) is 0. The molecule has 0 aliphatic carbocycles. The number of rotatable bonds is 5. The maximum atomic E-state index is 9.27. The molecule has 1 atom stereocenters. The van der Waals surface area contributed by atoms with Crippen molar-refractivity contribution in [2.45, 2.75) is 51.7 Å². The molecular formula is C9H17NO. The van der Waals surface area contributed by atoms with Gasteiger partial charge in [0.1, 0.15) is 0 Å². The first-order chi connectivity index (χ1) is 5.12. The molecule has 0 bridgehead atoms. The highest BCUT2D eigenvalue weighted by atomic mass is 16.3. The topological polar surface area (TPSA) is 24.6 Å². The molecule has 0 heterocycles. The molecule has 0 rings (SSSR count). The van der Waals surface area contributed by atoms with Crippen molar-refractivity contribution in [3.8, 4) is 0 Å². The first-order valence-corrected chi connectivity index (χ1v) is 4.23. The third kappa shape index (κ3) is 5.87. The summed E-state index contributed by atoms with van der Waals surface area (Å²) in [6.07, 6.45) is 5.09. The predicted octanol–water partition coefficient (Wildman–Crippen LogP) is 2.58. The molecule has 0 fully saturated rings. The van der Waals surface area contributed by atoms with Gasteiger partial charge in [-0.15, -0.1) is 0 Å². The summed E-state index contributed by atoms with van der Waals surface area (Å²) in [5.41, 5.74) is -1.12. The van der Waals surface area contributed by atoms with Gasteiger partial charge < -0.3 is 5.11 Å². The zero-order valence-corrected chi connectivity index (χ0v) is 7.43. The van der Waals surface area contributed by atoms with Crippen molar-refractivity contribution in [2.75, 3.05) is 0 Å². The molecule has 0 aromatic heterocycles. The predicted molar refractivity (Wildman–Crippen MR) is 46.0 cm³/mol. The first-order valence-electron chi connectivity index (χ1n) is 4.23. The van der Waals surface area contributed by atoms with Crippen molar-refractivity contribution in [3.05, 3.63) is 11.4 Å². The molecule has 0 amide bonds. The lowest BCUT2D eigenvalue weighted by molar-refractivity contribution is 0.0958. The van der Waals surface area contributed by atoms with E-state index in [0.29, 0.717) is 6.42 Å². The van der Waals surface area contributed by atoms with E-state index in [9.17, 15) is 5.11 Å². The molecule has 0 aromatic rings. The van der Waals surface area contributed by atoms with Crippen molar-refractivity contribution in [1.82, 2.24) is 0 Å². The standard InChI is InChI=1S/C9H17NO/c1-4-5-6-7-8-9(2,11)10-3/h11H,4-8H2,1-2H3. The van der Waals surface area contributed by atoms with Crippen LogP contribution in [-0.4, -0.2) is 10.8 Å². The van der Waals surface area contributed by atoms with Gasteiger partial charge in [-0.1, -0.05) is 26.2 Å². The summed E-state index contributed by atoms with van der Waals surface area (Å²) in [7, 11) is 0. The lowest BCUT2D eigenvalue weighted by atomic mass is 10.1. The highest BCUT2D eigenvalue weighted by Crippen LogP contribution is 2.15. The maximum absolute atomic E-state index is 9.27. The highest BCUT2D eigenvalue weighted by molar-refractivity contribution is 4.81. The fraction of sp³-hybridized carbons (Fsp3) is 0.889. The smallest absolute Gasteiger partial charge is 0.324 e. The lowest BCUT2D eigenvalue weighted by Gasteiger charge is -2.08. The molecule has 0 radical (unpaired) electrons. The van der Waals surface area contributed by atoms with Crippen LogP contribution >= 0.6 is 0 Å². The van der Waals surface area contributed by atoms with Crippen molar-refractivity contribution in [1.29, 1.82) is 0 Å². The van der Waals surface area contributed by atoms with Crippen LogP contribution in [0.5, 0.6) is 0 Å². The van der Waals surface area contributed by atoms with Crippen LogP contribution in [0.25, 0.3) is 4.85 Å². The molecule has 2 nitrogen and oxygen atoms in total. The number of unbranched alkanes of at least 4 members (excludes halogenated alkanes) is 3. The van der Waals surface area contributed by atoms with Crippen LogP contribution in [0.1, 0.15) is 46.0 Å². The van der Waals surface area contributed by atoms with Gasteiger partial charge in [-0.25, -0.2) is 6.57 Å². The van der Waals surface area contributed by atoms with Crippen LogP contribution in [0.15, 0.2) is 0 Å². The minimum Gasteiger partial charge on any atom is -0.324 e. The summed E-state index contributed by atoms with van der Waals surface area (Å²) in [5, 5.41) is 9.27. The van der Waals surface area contributed by atoms with E-state index in [0.717, 1.165) is 12.8 Å². The molecule has 2 heteroatoms. The summed E-state index contributed by atoms with van der Waals surface area (Å²) >= 11 is 0. The molecule has 1 N–H and O–H groups in total. The fourth-order valence-corrected chi connectivity index (χ4v) is 0.943. The molecule has 64 valence electrons. The van der Waals surface area contributed by atoms with Gasteiger partial charge in [0, 0.05) is 6.92 Å². The molecule has 0 spiro atoms. The molecular weight excluding hydrogens is 138 g/mol. The van der Waals surface area contributed by atoms with E-state index >= 15 is 0 Å². The van der Waals surface area contributed by atoms with Gasteiger partial charge in [0.05, 0.1) is 6.42 Å². The van der Waals surface area contributed by atoms with Gasteiger partial charge in [0.2, 0.25) is 0 Å². The Kier molecular flexibility index (Phi) is 4.89. The molecule has 11 heavy (non-hydrogen) atoms. The average molecular weight is 155 g/mol. The van der Waals surface area contributed by atoms with Gasteiger partial charge in [-0.05, 0) is 6.42 Å². The molecule has 0 saturated carbocycles. The SMILES string of the molecule is [C-]#[N+]C(C)(O)CCCCCC. The minimum atomic E-state index is -1.12. The van der Waals surface area contributed by atoms with Gasteiger partial charge in [-0.3, -0.25) is 4.85 Å². The summed E-state index contributed by atoms with van der Waals surface area (Å²) in [5.74, 6) is 0. The average Bonchev–Trinajstić information content (AvgIpc) is 1.99. The monoisotopic (exact) mass is 155 g/mol. The van der Waals surface area contributed by atoms with Crippen LogP contribution in [0.2, 0.25) is 0 Å². The van der Waals surface area contributed by atoms with Crippen LogP contribution < -0.4 is 0 Å². The van der Waals surface area contributed by atoms with Crippen LogP contribution in [0.3, 0.4) is 0 Å². The Morgan fingerprint density at radius 2 is 2.00 bits per heavy atom. The molecule has 0 aliphatic heterocycles. The Morgan fingerprint density at radius 3 is 2.45 bits per heavy atom. The molecule has 0 aromatic carbocycles. The molecule has 1 unspecified atom stereocenters. The van der Waals surface area contributed by atoms with E-state index in [1.54, 1.807) is 6.92 Å². The Hall–Kier alpha value is -0.550. The number of hydrogen-bond donors (Lipinski definition) is 1. The number of aliphatic hydroxyl groups is 1. The lowest BCUT2D eigenvalue weighted by Crippen LogP contribution is -2.17. The van der Waals surface area contributed by atoms with Crippen LogP contribution in [0.4, 0.5) is 0 Å². The van der Waals surface area contributed by atoms with Gasteiger partial charge in [0.25, 0.3) is 0 Å². The van der Waals surface area contributed by atoms with Crippen molar-refractivity contribution < 1.29 is 5.11 Å². The number of nitrogens with zero attached hydrogens (tertiary/aromatic N) is 1.